The van der Waals surface area contributed by atoms with Crippen LogP contribution in [0.3, 0.4) is 0 Å². The quantitative estimate of drug-likeness (QED) is 0.663. The Balaban J connectivity index is 0.000000810. The second kappa shape index (κ2) is 4.19. The maximum Gasteiger partial charge on any atom is 0.115 e. The van der Waals surface area contributed by atoms with Crippen molar-refractivity contribution in [2.75, 3.05) is 0 Å². The van der Waals surface area contributed by atoms with Crippen molar-refractivity contribution < 1.29 is 0 Å². The van der Waals surface area contributed by atoms with Gasteiger partial charge < -0.3 is 5.73 Å². The molecule has 1 atom stereocenters. The molecule has 1 rings (SSSR count). The van der Waals surface area contributed by atoms with Gasteiger partial charge in [0.1, 0.15) is 6.33 Å². The van der Waals surface area contributed by atoms with Crippen molar-refractivity contribution in [2.45, 2.75) is 13.0 Å². The highest BCUT2D eigenvalue weighted by Gasteiger charge is 1.95. The van der Waals surface area contributed by atoms with Gasteiger partial charge in [-0.15, -0.1) is 12.4 Å². The third kappa shape index (κ3) is 2.29. The smallest absolute Gasteiger partial charge is 0.115 e. The van der Waals surface area contributed by atoms with Gasteiger partial charge in [-0.05, 0) is 6.92 Å². The fourth-order valence-electron chi connectivity index (χ4n) is 0.546. The summed E-state index contributed by atoms with van der Waals surface area (Å²) in [4.78, 5) is 7.63. The van der Waals surface area contributed by atoms with Crippen LogP contribution in [0.1, 0.15) is 18.5 Å². The molecule has 1 unspecified atom stereocenters. The topological polar surface area (TPSA) is 51.8 Å². The molecule has 0 saturated carbocycles. The number of nitrogens with two attached hydrogens (primary N) is 1. The standard InChI is InChI=1S/C6H9N3.ClH/c1-5(7)6-2-8-4-9-3-6;/h2-5H,7H2,1H3;1H. The molecule has 0 aliphatic heterocycles. The van der Waals surface area contributed by atoms with E-state index in [2.05, 4.69) is 9.97 Å². The van der Waals surface area contributed by atoms with Crippen LogP contribution in [0.5, 0.6) is 0 Å². The van der Waals surface area contributed by atoms with Gasteiger partial charge in [-0.25, -0.2) is 9.97 Å². The molecule has 0 bridgehead atoms. The highest BCUT2D eigenvalue weighted by atomic mass is 35.5. The minimum Gasteiger partial charge on any atom is -0.324 e. The second-order valence-corrected chi connectivity index (χ2v) is 1.96. The van der Waals surface area contributed by atoms with E-state index in [1.165, 1.54) is 6.33 Å². The Kier molecular flexibility index (Phi) is 3.91. The molecule has 10 heavy (non-hydrogen) atoms. The van der Waals surface area contributed by atoms with E-state index >= 15 is 0 Å². The van der Waals surface area contributed by atoms with Crippen molar-refractivity contribution in [2.24, 2.45) is 5.73 Å². The van der Waals surface area contributed by atoms with Crippen molar-refractivity contribution >= 4 is 12.4 Å². The van der Waals surface area contributed by atoms with E-state index in [0.29, 0.717) is 0 Å². The lowest BCUT2D eigenvalue weighted by Gasteiger charge is -2.00. The average Bonchev–Trinajstić information content (AvgIpc) is 1.90. The van der Waals surface area contributed by atoms with Gasteiger partial charge in [-0.1, -0.05) is 0 Å². The maximum absolute atomic E-state index is 5.53. The number of hydrogen-bond donors (Lipinski definition) is 1. The normalized spacial score (nSPS) is 11.8. The van der Waals surface area contributed by atoms with Crippen LogP contribution in [-0.2, 0) is 0 Å². The molecule has 0 saturated heterocycles. The Hall–Kier alpha value is -0.670. The first-order valence-electron chi connectivity index (χ1n) is 2.81. The Morgan fingerprint density at radius 1 is 1.40 bits per heavy atom. The van der Waals surface area contributed by atoms with E-state index in [1.807, 2.05) is 6.92 Å². The van der Waals surface area contributed by atoms with E-state index in [9.17, 15) is 0 Å². The molecule has 0 amide bonds. The second-order valence-electron chi connectivity index (χ2n) is 1.96. The molecule has 0 aliphatic rings. The fraction of sp³-hybridized carbons (Fsp3) is 0.333. The summed E-state index contributed by atoms with van der Waals surface area (Å²) < 4.78 is 0. The van der Waals surface area contributed by atoms with E-state index < -0.39 is 0 Å². The Morgan fingerprint density at radius 3 is 2.20 bits per heavy atom. The molecule has 1 heterocycles. The number of nitrogens with zero attached hydrogens (tertiary/aromatic N) is 2. The molecule has 1 aromatic rings. The molecule has 56 valence electrons. The van der Waals surface area contributed by atoms with Crippen molar-refractivity contribution in [3.63, 3.8) is 0 Å². The number of aromatic nitrogens is 2. The molecule has 0 fully saturated rings. The number of halogens is 1. The summed E-state index contributed by atoms with van der Waals surface area (Å²) in [6.07, 6.45) is 4.93. The van der Waals surface area contributed by atoms with Crippen LogP contribution in [0, 0.1) is 0 Å². The monoisotopic (exact) mass is 159 g/mol. The molecule has 0 radical (unpaired) electrons. The maximum atomic E-state index is 5.53. The van der Waals surface area contributed by atoms with E-state index in [1.54, 1.807) is 12.4 Å². The van der Waals surface area contributed by atoms with Gasteiger partial charge in [-0.2, -0.15) is 0 Å². The fourth-order valence-corrected chi connectivity index (χ4v) is 0.546. The SMILES string of the molecule is CC(N)c1cncnc1.Cl. The molecule has 0 spiro atoms. The van der Waals surface area contributed by atoms with Crippen LogP contribution in [-0.4, -0.2) is 9.97 Å². The lowest BCUT2D eigenvalue weighted by atomic mass is 10.2. The molecule has 0 aliphatic carbocycles. The van der Waals surface area contributed by atoms with Gasteiger partial charge in [-0.3, -0.25) is 0 Å². The molecule has 3 nitrogen and oxygen atoms in total. The molecule has 0 aromatic carbocycles. The third-order valence-electron chi connectivity index (χ3n) is 1.11. The van der Waals surface area contributed by atoms with Crippen LogP contribution < -0.4 is 5.73 Å². The first kappa shape index (κ1) is 9.33. The van der Waals surface area contributed by atoms with Crippen LogP contribution in [0.15, 0.2) is 18.7 Å². The Morgan fingerprint density at radius 2 is 1.90 bits per heavy atom. The predicted octanol–water partition coefficient (Wildman–Crippen LogP) is 0.918. The van der Waals surface area contributed by atoms with Gasteiger partial charge in [0.05, 0.1) is 0 Å². The third-order valence-corrected chi connectivity index (χ3v) is 1.11. The van der Waals surface area contributed by atoms with Crippen LogP contribution >= 0.6 is 12.4 Å². The van der Waals surface area contributed by atoms with Gasteiger partial charge in [0.2, 0.25) is 0 Å². The van der Waals surface area contributed by atoms with Crippen LogP contribution in [0.2, 0.25) is 0 Å². The molecular weight excluding hydrogens is 150 g/mol. The van der Waals surface area contributed by atoms with Gasteiger partial charge >= 0.3 is 0 Å². The molecular formula is C6H10ClN3. The molecule has 2 N–H and O–H groups in total. The van der Waals surface area contributed by atoms with Crippen molar-refractivity contribution in [3.05, 3.63) is 24.3 Å². The van der Waals surface area contributed by atoms with Gasteiger partial charge in [0.25, 0.3) is 0 Å². The zero-order valence-electron chi connectivity index (χ0n) is 5.69. The summed E-state index contributed by atoms with van der Waals surface area (Å²) in [5.74, 6) is 0. The van der Waals surface area contributed by atoms with E-state index in [4.69, 9.17) is 5.73 Å². The van der Waals surface area contributed by atoms with Crippen LogP contribution in [0.4, 0.5) is 0 Å². The summed E-state index contributed by atoms with van der Waals surface area (Å²) in [6, 6.07) is 0.0335. The summed E-state index contributed by atoms with van der Waals surface area (Å²) in [5, 5.41) is 0. The molecule has 1 aromatic heterocycles. The lowest BCUT2D eigenvalue weighted by Crippen LogP contribution is -2.05. The zero-order chi connectivity index (χ0) is 6.69. The van der Waals surface area contributed by atoms with Crippen LogP contribution in [0.25, 0.3) is 0 Å². The van der Waals surface area contributed by atoms with E-state index in [0.717, 1.165) is 5.56 Å². The van der Waals surface area contributed by atoms with Gasteiger partial charge in [0.15, 0.2) is 0 Å². The van der Waals surface area contributed by atoms with Gasteiger partial charge in [0, 0.05) is 24.0 Å². The lowest BCUT2D eigenvalue weighted by molar-refractivity contribution is 0.802. The summed E-state index contributed by atoms with van der Waals surface area (Å²) in [5.41, 5.74) is 6.50. The highest BCUT2D eigenvalue weighted by molar-refractivity contribution is 5.85. The summed E-state index contributed by atoms with van der Waals surface area (Å²) in [6.45, 7) is 1.90. The minimum atomic E-state index is 0. The largest absolute Gasteiger partial charge is 0.324 e. The summed E-state index contributed by atoms with van der Waals surface area (Å²) >= 11 is 0. The number of rotatable bonds is 1. The van der Waals surface area contributed by atoms with E-state index in [-0.39, 0.29) is 18.4 Å². The summed E-state index contributed by atoms with van der Waals surface area (Å²) in [7, 11) is 0. The molecule has 4 heteroatoms. The van der Waals surface area contributed by atoms with Crippen molar-refractivity contribution in [1.29, 1.82) is 0 Å². The minimum absolute atomic E-state index is 0. The highest BCUT2D eigenvalue weighted by Crippen LogP contribution is 2.02. The first-order valence-corrected chi connectivity index (χ1v) is 2.81. The Bertz CT molecular complexity index is 176. The van der Waals surface area contributed by atoms with Crippen molar-refractivity contribution in [3.8, 4) is 0 Å². The zero-order valence-corrected chi connectivity index (χ0v) is 6.51. The average molecular weight is 160 g/mol. The first-order chi connectivity index (χ1) is 4.30. The predicted molar refractivity (Wildman–Crippen MR) is 41.9 cm³/mol. The number of hydrogen-bond acceptors (Lipinski definition) is 3. The van der Waals surface area contributed by atoms with Crippen molar-refractivity contribution in [1.82, 2.24) is 9.97 Å². The Labute approximate surface area is 66.1 Å².